The molecule has 0 unspecified atom stereocenters. The summed E-state index contributed by atoms with van der Waals surface area (Å²) in [4.78, 5) is 8.49. The van der Waals surface area contributed by atoms with Gasteiger partial charge in [0.15, 0.2) is 5.96 Å². The minimum Gasteiger partial charge on any atom is -0.376 e. The van der Waals surface area contributed by atoms with Crippen LogP contribution in [0, 0.1) is 0 Å². The predicted octanol–water partition coefficient (Wildman–Crippen LogP) is 0.968. The third-order valence-electron chi connectivity index (χ3n) is 3.14. The second-order valence-electron chi connectivity index (χ2n) is 4.59. The third kappa shape index (κ3) is 4.87. The van der Waals surface area contributed by atoms with Gasteiger partial charge in [0.2, 0.25) is 0 Å². The molecule has 19 heavy (non-hydrogen) atoms. The van der Waals surface area contributed by atoms with E-state index in [1.165, 1.54) is 0 Å². The molecule has 1 atom stereocenters. The number of rotatable bonds is 5. The van der Waals surface area contributed by atoms with E-state index in [4.69, 9.17) is 4.74 Å². The van der Waals surface area contributed by atoms with Gasteiger partial charge >= 0.3 is 0 Å². The van der Waals surface area contributed by atoms with Gasteiger partial charge in [-0.25, -0.2) is 0 Å². The molecule has 1 aromatic rings. The van der Waals surface area contributed by atoms with Crippen LogP contribution in [-0.2, 0) is 11.2 Å². The van der Waals surface area contributed by atoms with Crippen molar-refractivity contribution in [2.45, 2.75) is 25.4 Å². The van der Waals surface area contributed by atoms with Crippen molar-refractivity contribution in [1.82, 2.24) is 15.6 Å². The van der Waals surface area contributed by atoms with Gasteiger partial charge in [-0.3, -0.25) is 9.98 Å². The van der Waals surface area contributed by atoms with Crippen molar-refractivity contribution in [2.24, 2.45) is 4.99 Å². The summed E-state index contributed by atoms with van der Waals surface area (Å²) >= 11 is 0. The Kier molecular flexibility index (Phi) is 5.62. The second-order valence-corrected chi connectivity index (χ2v) is 4.59. The monoisotopic (exact) mass is 262 g/mol. The first-order valence-corrected chi connectivity index (χ1v) is 6.84. The summed E-state index contributed by atoms with van der Waals surface area (Å²) in [5, 5.41) is 6.58. The lowest BCUT2D eigenvalue weighted by Gasteiger charge is -2.14. The van der Waals surface area contributed by atoms with E-state index in [1.807, 2.05) is 24.4 Å². The highest BCUT2D eigenvalue weighted by Gasteiger charge is 2.15. The highest BCUT2D eigenvalue weighted by atomic mass is 16.5. The largest absolute Gasteiger partial charge is 0.376 e. The zero-order chi connectivity index (χ0) is 13.3. The van der Waals surface area contributed by atoms with Crippen LogP contribution in [0.2, 0.25) is 0 Å². The van der Waals surface area contributed by atoms with Gasteiger partial charge < -0.3 is 15.4 Å². The van der Waals surface area contributed by atoms with E-state index in [-0.39, 0.29) is 0 Å². The van der Waals surface area contributed by atoms with E-state index < -0.39 is 0 Å². The van der Waals surface area contributed by atoms with Crippen LogP contribution in [0.5, 0.6) is 0 Å². The molecule has 0 saturated carbocycles. The van der Waals surface area contributed by atoms with Gasteiger partial charge in [-0.05, 0) is 25.0 Å². The molecule has 5 heteroatoms. The summed E-state index contributed by atoms with van der Waals surface area (Å²) in [7, 11) is 1.78. The molecule has 1 aliphatic rings. The molecule has 5 nitrogen and oxygen atoms in total. The summed E-state index contributed by atoms with van der Waals surface area (Å²) in [6.45, 7) is 2.53. The maximum absolute atomic E-state index is 5.57. The van der Waals surface area contributed by atoms with Crippen LogP contribution in [0.25, 0.3) is 0 Å². The number of aromatic nitrogens is 1. The molecular formula is C14H22N4O. The number of nitrogens with zero attached hydrogens (tertiary/aromatic N) is 2. The van der Waals surface area contributed by atoms with E-state index in [2.05, 4.69) is 20.6 Å². The fraction of sp³-hybridized carbons (Fsp3) is 0.571. The highest BCUT2D eigenvalue weighted by molar-refractivity contribution is 5.79. The van der Waals surface area contributed by atoms with E-state index in [1.54, 1.807) is 7.05 Å². The first-order chi connectivity index (χ1) is 9.38. The maximum atomic E-state index is 5.57. The lowest BCUT2D eigenvalue weighted by molar-refractivity contribution is 0.114. The molecule has 1 saturated heterocycles. The van der Waals surface area contributed by atoms with Crippen molar-refractivity contribution in [3.63, 3.8) is 0 Å². The molecule has 1 fully saturated rings. The van der Waals surface area contributed by atoms with Crippen molar-refractivity contribution in [1.29, 1.82) is 0 Å². The Balaban J connectivity index is 1.65. The Morgan fingerprint density at radius 1 is 1.47 bits per heavy atom. The molecule has 1 aliphatic heterocycles. The van der Waals surface area contributed by atoms with Gasteiger partial charge in [0.25, 0.3) is 0 Å². The molecular weight excluding hydrogens is 240 g/mol. The van der Waals surface area contributed by atoms with Gasteiger partial charge in [0.1, 0.15) is 0 Å². The molecule has 0 aliphatic carbocycles. The van der Waals surface area contributed by atoms with Crippen LogP contribution in [0.1, 0.15) is 18.5 Å². The second kappa shape index (κ2) is 7.74. The molecule has 0 radical (unpaired) electrons. The maximum Gasteiger partial charge on any atom is 0.191 e. The van der Waals surface area contributed by atoms with Crippen LogP contribution in [0.15, 0.2) is 29.4 Å². The van der Waals surface area contributed by atoms with Crippen molar-refractivity contribution < 1.29 is 4.74 Å². The van der Waals surface area contributed by atoms with Crippen LogP contribution in [0.4, 0.5) is 0 Å². The van der Waals surface area contributed by atoms with Gasteiger partial charge in [0, 0.05) is 45.1 Å². The Morgan fingerprint density at radius 2 is 2.42 bits per heavy atom. The van der Waals surface area contributed by atoms with Crippen LogP contribution < -0.4 is 10.6 Å². The topological polar surface area (TPSA) is 58.5 Å². The van der Waals surface area contributed by atoms with Crippen molar-refractivity contribution >= 4 is 5.96 Å². The molecule has 2 N–H and O–H groups in total. The number of ether oxygens (including phenoxy) is 1. The zero-order valence-corrected chi connectivity index (χ0v) is 11.4. The first-order valence-electron chi connectivity index (χ1n) is 6.84. The van der Waals surface area contributed by atoms with Crippen molar-refractivity contribution in [3.8, 4) is 0 Å². The highest BCUT2D eigenvalue weighted by Crippen LogP contribution is 2.10. The fourth-order valence-electron chi connectivity index (χ4n) is 2.09. The lowest BCUT2D eigenvalue weighted by atomic mass is 10.2. The Morgan fingerprint density at radius 3 is 3.11 bits per heavy atom. The Labute approximate surface area is 114 Å². The number of nitrogens with one attached hydrogen (secondary N) is 2. The van der Waals surface area contributed by atoms with E-state index >= 15 is 0 Å². The molecule has 2 heterocycles. The van der Waals surface area contributed by atoms with E-state index in [0.717, 1.165) is 50.6 Å². The molecule has 0 aromatic carbocycles. The van der Waals surface area contributed by atoms with Crippen LogP contribution in [-0.4, -0.2) is 43.8 Å². The number of pyridine rings is 1. The number of aliphatic imine (C=N–C) groups is 1. The molecule has 1 aromatic heterocycles. The molecule has 2 rings (SSSR count). The Bertz CT molecular complexity index is 388. The summed E-state index contributed by atoms with van der Waals surface area (Å²) in [6.07, 6.45) is 5.34. The average Bonchev–Trinajstić information content (AvgIpc) is 2.97. The standard InChI is InChI=1S/C14H22N4O/c1-15-14(18-11-13-6-4-10-19-13)17-9-7-12-5-2-3-8-16-12/h2-3,5,8,13H,4,6-7,9-11H2,1H3,(H2,15,17,18)/t13-/m0/s1. The summed E-state index contributed by atoms with van der Waals surface area (Å²) < 4.78 is 5.57. The fourth-order valence-corrected chi connectivity index (χ4v) is 2.09. The summed E-state index contributed by atoms with van der Waals surface area (Å²) in [5.74, 6) is 0.825. The first kappa shape index (κ1) is 13.8. The number of guanidine groups is 1. The molecule has 0 amide bonds. The number of hydrogen-bond donors (Lipinski definition) is 2. The zero-order valence-electron chi connectivity index (χ0n) is 11.4. The number of hydrogen-bond acceptors (Lipinski definition) is 3. The molecule has 104 valence electrons. The third-order valence-corrected chi connectivity index (χ3v) is 3.14. The quantitative estimate of drug-likeness (QED) is 0.613. The van der Waals surface area contributed by atoms with Gasteiger partial charge in [-0.1, -0.05) is 6.07 Å². The Hall–Kier alpha value is -1.62. The van der Waals surface area contributed by atoms with Crippen molar-refractivity contribution in [2.75, 3.05) is 26.7 Å². The smallest absolute Gasteiger partial charge is 0.191 e. The SMILES string of the molecule is CN=C(NCCc1ccccn1)NC[C@@H]1CCCO1. The average molecular weight is 262 g/mol. The van der Waals surface area contributed by atoms with Gasteiger partial charge in [-0.15, -0.1) is 0 Å². The lowest BCUT2D eigenvalue weighted by Crippen LogP contribution is -2.41. The molecule has 0 spiro atoms. The predicted molar refractivity (Wildman–Crippen MR) is 76.3 cm³/mol. The minimum atomic E-state index is 0.328. The minimum absolute atomic E-state index is 0.328. The van der Waals surface area contributed by atoms with Crippen molar-refractivity contribution in [3.05, 3.63) is 30.1 Å². The van der Waals surface area contributed by atoms with Gasteiger partial charge in [0.05, 0.1) is 6.10 Å². The van der Waals surface area contributed by atoms with Crippen LogP contribution in [0.3, 0.4) is 0 Å². The summed E-state index contributed by atoms with van der Waals surface area (Å²) in [5.41, 5.74) is 1.09. The summed E-state index contributed by atoms with van der Waals surface area (Å²) in [6, 6.07) is 5.97. The normalized spacial score (nSPS) is 19.4. The van der Waals surface area contributed by atoms with Gasteiger partial charge in [-0.2, -0.15) is 0 Å². The van der Waals surface area contributed by atoms with E-state index in [0.29, 0.717) is 6.10 Å². The van der Waals surface area contributed by atoms with Crippen LogP contribution >= 0.6 is 0 Å². The molecule has 0 bridgehead atoms. The van der Waals surface area contributed by atoms with E-state index in [9.17, 15) is 0 Å².